The number of anilines is 2. The topological polar surface area (TPSA) is 93.9 Å². The predicted molar refractivity (Wildman–Crippen MR) is 108 cm³/mol. The molecule has 1 fully saturated rings. The van der Waals surface area contributed by atoms with Crippen molar-refractivity contribution in [1.29, 1.82) is 0 Å². The van der Waals surface area contributed by atoms with E-state index in [1.54, 1.807) is 33.9 Å². The van der Waals surface area contributed by atoms with E-state index in [9.17, 15) is 14.9 Å². The number of nitro benzene ring substituents is 1. The van der Waals surface area contributed by atoms with Gasteiger partial charge in [0.25, 0.3) is 5.69 Å². The lowest BCUT2D eigenvalue weighted by Gasteiger charge is -2.33. The van der Waals surface area contributed by atoms with E-state index in [1.807, 2.05) is 0 Å². The standard InChI is InChI=1S/C17H24IN3O5/c1-17(2,3)26-16(22)19-13-10-14(12(18)9-15(13)21(23)24)20-7-5-11(25-4)6-8-20/h9-11H,5-8H2,1-4H3,(H,19,22). The number of ether oxygens (including phenoxy) is 2. The third kappa shape index (κ3) is 5.44. The number of carbonyl (C=O) groups excluding carboxylic acids is 1. The summed E-state index contributed by atoms with van der Waals surface area (Å²) < 4.78 is 11.4. The first-order valence-corrected chi connectivity index (χ1v) is 9.44. The first-order chi connectivity index (χ1) is 12.1. The normalized spacial score (nSPS) is 15.7. The van der Waals surface area contributed by atoms with Gasteiger partial charge in [-0.3, -0.25) is 15.4 Å². The summed E-state index contributed by atoms with van der Waals surface area (Å²) in [5.74, 6) is 0. The van der Waals surface area contributed by atoms with Crippen LogP contribution in [0.5, 0.6) is 0 Å². The summed E-state index contributed by atoms with van der Waals surface area (Å²) in [4.78, 5) is 25.1. The number of carbonyl (C=O) groups is 1. The number of hydrogen-bond donors (Lipinski definition) is 1. The molecule has 0 bridgehead atoms. The van der Waals surface area contributed by atoms with E-state index in [4.69, 9.17) is 9.47 Å². The second-order valence-electron chi connectivity index (χ2n) is 7.13. The zero-order valence-electron chi connectivity index (χ0n) is 15.4. The molecule has 1 amide bonds. The van der Waals surface area contributed by atoms with E-state index in [0.717, 1.165) is 35.2 Å². The Morgan fingerprint density at radius 2 is 1.96 bits per heavy atom. The fraction of sp³-hybridized carbons (Fsp3) is 0.588. The van der Waals surface area contributed by atoms with Crippen LogP contribution in [0, 0.1) is 13.7 Å². The Bertz CT molecular complexity index is 682. The van der Waals surface area contributed by atoms with Crippen LogP contribution in [0.3, 0.4) is 0 Å². The molecule has 0 saturated carbocycles. The molecule has 1 heterocycles. The monoisotopic (exact) mass is 477 g/mol. The first-order valence-electron chi connectivity index (χ1n) is 8.36. The van der Waals surface area contributed by atoms with Crippen molar-refractivity contribution in [2.75, 3.05) is 30.4 Å². The number of nitro groups is 1. The van der Waals surface area contributed by atoms with Crippen molar-refractivity contribution in [3.63, 3.8) is 0 Å². The summed E-state index contributed by atoms with van der Waals surface area (Å²) in [6, 6.07) is 3.13. The van der Waals surface area contributed by atoms with Gasteiger partial charge >= 0.3 is 6.09 Å². The fourth-order valence-electron chi connectivity index (χ4n) is 2.79. The van der Waals surface area contributed by atoms with Gasteiger partial charge in [0.15, 0.2) is 0 Å². The third-order valence-corrected chi connectivity index (χ3v) is 4.88. The van der Waals surface area contributed by atoms with Gasteiger partial charge in [0.1, 0.15) is 11.3 Å². The highest BCUT2D eigenvalue weighted by Gasteiger charge is 2.26. The van der Waals surface area contributed by atoms with Crippen LogP contribution in [0.15, 0.2) is 12.1 Å². The molecule has 1 aromatic carbocycles. The molecule has 0 radical (unpaired) electrons. The van der Waals surface area contributed by atoms with Crippen molar-refractivity contribution in [2.24, 2.45) is 0 Å². The maximum absolute atomic E-state index is 12.1. The Morgan fingerprint density at radius 3 is 2.46 bits per heavy atom. The van der Waals surface area contributed by atoms with Gasteiger partial charge in [0, 0.05) is 29.8 Å². The summed E-state index contributed by atoms with van der Waals surface area (Å²) in [7, 11) is 1.71. The summed E-state index contributed by atoms with van der Waals surface area (Å²) in [5.41, 5.74) is 0.147. The maximum Gasteiger partial charge on any atom is 0.412 e. The summed E-state index contributed by atoms with van der Waals surface area (Å²) in [6.45, 7) is 6.79. The zero-order chi connectivity index (χ0) is 19.5. The number of benzene rings is 1. The lowest BCUT2D eigenvalue weighted by Crippen LogP contribution is -2.37. The molecule has 144 valence electrons. The van der Waals surface area contributed by atoms with Crippen molar-refractivity contribution >= 4 is 45.7 Å². The molecule has 1 aliphatic heterocycles. The minimum absolute atomic E-state index is 0.133. The molecule has 0 unspecified atom stereocenters. The molecule has 1 N–H and O–H groups in total. The number of nitrogens with zero attached hydrogens (tertiary/aromatic N) is 2. The quantitative estimate of drug-likeness (QED) is 0.398. The number of amides is 1. The van der Waals surface area contributed by atoms with Gasteiger partial charge in [-0.05, 0) is 62.3 Å². The van der Waals surface area contributed by atoms with Gasteiger partial charge in [0.05, 0.1) is 16.7 Å². The van der Waals surface area contributed by atoms with Crippen molar-refractivity contribution in [2.45, 2.75) is 45.3 Å². The largest absolute Gasteiger partial charge is 0.444 e. The van der Waals surface area contributed by atoms with Crippen LogP contribution in [-0.2, 0) is 9.47 Å². The van der Waals surface area contributed by atoms with E-state index >= 15 is 0 Å². The van der Waals surface area contributed by atoms with Gasteiger partial charge in [-0.2, -0.15) is 0 Å². The minimum Gasteiger partial charge on any atom is -0.444 e. The molecular weight excluding hydrogens is 453 g/mol. The average molecular weight is 477 g/mol. The van der Waals surface area contributed by atoms with E-state index < -0.39 is 16.6 Å². The van der Waals surface area contributed by atoms with Gasteiger partial charge in [-0.25, -0.2) is 4.79 Å². The first kappa shape index (κ1) is 20.7. The molecule has 1 saturated heterocycles. The summed E-state index contributed by atoms with van der Waals surface area (Å²) >= 11 is 2.09. The third-order valence-electron chi connectivity index (χ3n) is 4.01. The summed E-state index contributed by atoms with van der Waals surface area (Å²) in [5, 5.41) is 13.9. The van der Waals surface area contributed by atoms with Gasteiger partial charge in [-0.15, -0.1) is 0 Å². The molecule has 0 atom stereocenters. The molecule has 0 aromatic heterocycles. The van der Waals surface area contributed by atoms with Crippen LogP contribution < -0.4 is 10.2 Å². The number of nitrogens with one attached hydrogen (secondary N) is 1. The minimum atomic E-state index is -0.717. The highest BCUT2D eigenvalue weighted by molar-refractivity contribution is 14.1. The van der Waals surface area contributed by atoms with Crippen LogP contribution in [-0.4, -0.2) is 42.9 Å². The van der Waals surface area contributed by atoms with Crippen molar-refractivity contribution in [1.82, 2.24) is 0 Å². The van der Waals surface area contributed by atoms with E-state index in [0.29, 0.717) is 0 Å². The van der Waals surface area contributed by atoms with Crippen LogP contribution in [0.2, 0.25) is 0 Å². The summed E-state index contributed by atoms with van der Waals surface area (Å²) in [6.07, 6.45) is 1.30. The van der Waals surface area contributed by atoms with Gasteiger partial charge < -0.3 is 14.4 Å². The van der Waals surface area contributed by atoms with Crippen molar-refractivity contribution < 1.29 is 19.2 Å². The molecule has 1 aliphatic rings. The average Bonchev–Trinajstić information content (AvgIpc) is 2.54. The van der Waals surface area contributed by atoms with Crippen LogP contribution in [0.25, 0.3) is 0 Å². The second kappa shape index (κ2) is 8.38. The van der Waals surface area contributed by atoms with E-state index in [2.05, 4.69) is 32.8 Å². The second-order valence-corrected chi connectivity index (χ2v) is 8.29. The van der Waals surface area contributed by atoms with Crippen molar-refractivity contribution in [3.05, 3.63) is 25.8 Å². The number of hydrogen-bond acceptors (Lipinski definition) is 6. The van der Waals surface area contributed by atoms with E-state index in [1.165, 1.54) is 6.07 Å². The lowest BCUT2D eigenvalue weighted by molar-refractivity contribution is -0.384. The number of halogens is 1. The molecule has 8 nitrogen and oxygen atoms in total. The molecule has 26 heavy (non-hydrogen) atoms. The molecular formula is C17H24IN3O5. The molecule has 2 rings (SSSR count). The van der Waals surface area contributed by atoms with Gasteiger partial charge in [-0.1, -0.05) is 0 Å². The Hall–Kier alpha value is -1.62. The van der Waals surface area contributed by atoms with Gasteiger partial charge in [0.2, 0.25) is 0 Å². The SMILES string of the molecule is COC1CCN(c2cc(NC(=O)OC(C)(C)C)c([N+](=O)[O-])cc2I)CC1. The maximum atomic E-state index is 12.1. The number of rotatable bonds is 4. The Labute approximate surface area is 166 Å². The smallest absolute Gasteiger partial charge is 0.412 e. The fourth-order valence-corrected chi connectivity index (χ4v) is 3.58. The highest BCUT2D eigenvalue weighted by Crippen LogP contribution is 2.35. The number of piperidine rings is 1. The highest BCUT2D eigenvalue weighted by atomic mass is 127. The molecule has 0 aliphatic carbocycles. The Morgan fingerprint density at radius 1 is 1.35 bits per heavy atom. The number of methoxy groups -OCH3 is 1. The molecule has 9 heteroatoms. The molecule has 1 aromatic rings. The van der Waals surface area contributed by atoms with E-state index in [-0.39, 0.29) is 17.5 Å². The van der Waals surface area contributed by atoms with Crippen LogP contribution >= 0.6 is 22.6 Å². The Kier molecular flexibility index (Phi) is 6.67. The van der Waals surface area contributed by atoms with Crippen LogP contribution in [0.4, 0.5) is 21.9 Å². The Balaban J connectivity index is 2.28. The van der Waals surface area contributed by atoms with Crippen molar-refractivity contribution in [3.8, 4) is 0 Å². The molecule has 0 spiro atoms. The predicted octanol–water partition coefficient (Wildman–Crippen LogP) is 4.16. The van der Waals surface area contributed by atoms with Crippen LogP contribution in [0.1, 0.15) is 33.6 Å². The lowest BCUT2D eigenvalue weighted by atomic mass is 10.1. The zero-order valence-corrected chi connectivity index (χ0v) is 17.5.